The van der Waals surface area contributed by atoms with E-state index in [2.05, 4.69) is 25.9 Å². The number of rotatable bonds is 6. The van der Waals surface area contributed by atoms with E-state index in [0.717, 1.165) is 16.8 Å². The second-order valence-corrected chi connectivity index (χ2v) is 5.47. The van der Waals surface area contributed by atoms with Gasteiger partial charge in [0.2, 0.25) is 5.91 Å². The van der Waals surface area contributed by atoms with Crippen LogP contribution < -0.4 is 5.32 Å². The van der Waals surface area contributed by atoms with Gasteiger partial charge in [0, 0.05) is 37.5 Å². The number of carbonyl (C=O) groups is 1. The third-order valence-electron chi connectivity index (χ3n) is 3.64. The van der Waals surface area contributed by atoms with Gasteiger partial charge in [-0.1, -0.05) is 12.1 Å². The predicted octanol–water partition coefficient (Wildman–Crippen LogP) is 1.66. The Morgan fingerprint density at radius 1 is 1.33 bits per heavy atom. The summed E-state index contributed by atoms with van der Waals surface area (Å²) in [4.78, 5) is 12.1. The molecule has 3 rings (SSSR count). The maximum absolute atomic E-state index is 12.1. The summed E-state index contributed by atoms with van der Waals surface area (Å²) in [6.07, 6.45) is 4.76. The molecule has 0 unspecified atom stereocenters. The lowest BCUT2D eigenvalue weighted by molar-refractivity contribution is -0.116. The largest absolute Gasteiger partial charge is 0.326 e. The molecule has 0 aliphatic heterocycles. The Balaban J connectivity index is 1.65. The Hall–Kier alpha value is -3.03. The van der Waals surface area contributed by atoms with E-state index >= 15 is 0 Å². The van der Waals surface area contributed by atoms with Crippen LogP contribution >= 0.6 is 0 Å². The highest BCUT2D eigenvalue weighted by Gasteiger charge is 2.09. The van der Waals surface area contributed by atoms with E-state index in [-0.39, 0.29) is 5.91 Å². The number of hydrogen-bond donors (Lipinski definition) is 1. The number of nitrogens with zero attached hydrogens (tertiary/aromatic N) is 6. The average molecular weight is 325 g/mol. The molecule has 0 aliphatic carbocycles. The molecule has 1 aromatic carbocycles. The molecule has 0 saturated heterocycles. The van der Waals surface area contributed by atoms with Crippen LogP contribution in [0.15, 0.2) is 36.7 Å². The number of anilines is 1. The van der Waals surface area contributed by atoms with Crippen molar-refractivity contribution in [2.75, 3.05) is 5.32 Å². The van der Waals surface area contributed by atoms with E-state index in [4.69, 9.17) is 0 Å². The molecule has 24 heavy (non-hydrogen) atoms. The molecule has 0 atom stereocenters. The number of tetrazole rings is 1. The molecule has 0 bridgehead atoms. The topological polar surface area (TPSA) is 90.5 Å². The van der Waals surface area contributed by atoms with Crippen molar-refractivity contribution in [1.82, 2.24) is 30.0 Å². The van der Waals surface area contributed by atoms with Crippen LogP contribution in [0.3, 0.4) is 0 Å². The maximum Gasteiger partial charge on any atom is 0.224 e. The molecule has 2 aromatic heterocycles. The van der Waals surface area contributed by atoms with Crippen LogP contribution in [-0.2, 0) is 24.8 Å². The lowest BCUT2D eigenvalue weighted by atomic mass is 10.1. The predicted molar refractivity (Wildman–Crippen MR) is 89.1 cm³/mol. The summed E-state index contributed by atoms with van der Waals surface area (Å²) < 4.78 is 3.44. The highest BCUT2D eigenvalue weighted by molar-refractivity contribution is 5.91. The number of carbonyl (C=O) groups excluding carboxylic acids is 1. The molecule has 0 fully saturated rings. The summed E-state index contributed by atoms with van der Waals surface area (Å²) in [7, 11) is 1.86. The average Bonchev–Trinajstić information content (AvgIpc) is 3.21. The van der Waals surface area contributed by atoms with Crippen LogP contribution in [0.4, 0.5) is 5.69 Å². The summed E-state index contributed by atoms with van der Waals surface area (Å²) in [5.74, 6) is 0.648. The third kappa shape index (κ3) is 3.65. The van der Waals surface area contributed by atoms with Gasteiger partial charge in [0.15, 0.2) is 5.82 Å². The summed E-state index contributed by atoms with van der Waals surface area (Å²) >= 11 is 0. The minimum atomic E-state index is -0.0360. The molecule has 1 amide bonds. The monoisotopic (exact) mass is 325 g/mol. The summed E-state index contributed by atoms with van der Waals surface area (Å²) in [6.45, 7) is 2.66. The van der Waals surface area contributed by atoms with Crippen molar-refractivity contribution in [3.63, 3.8) is 0 Å². The van der Waals surface area contributed by atoms with Gasteiger partial charge in [-0.05, 0) is 41.5 Å². The fourth-order valence-corrected chi connectivity index (χ4v) is 2.44. The molecule has 0 radical (unpaired) electrons. The fourth-order valence-electron chi connectivity index (χ4n) is 2.44. The quantitative estimate of drug-likeness (QED) is 0.744. The number of nitrogens with one attached hydrogen (secondary N) is 1. The van der Waals surface area contributed by atoms with Gasteiger partial charge in [0.05, 0.1) is 6.20 Å². The zero-order valence-electron chi connectivity index (χ0n) is 13.7. The molecule has 0 saturated carbocycles. The van der Waals surface area contributed by atoms with Crippen molar-refractivity contribution in [2.45, 2.75) is 26.3 Å². The molecule has 8 nitrogen and oxygen atoms in total. The van der Waals surface area contributed by atoms with E-state index in [1.807, 2.05) is 44.4 Å². The minimum Gasteiger partial charge on any atom is -0.326 e. The van der Waals surface area contributed by atoms with Crippen molar-refractivity contribution in [1.29, 1.82) is 0 Å². The van der Waals surface area contributed by atoms with E-state index < -0.39 is 0 Å². The van der Waals surface area contributed by atoms with Gasteiger partial charge in [0.25, 0.3) is 0 Å². The van der Waals surface area contributed by atoms with Crippen molar-refractivity contribution in [2.24, 2.45) is 7.05 Å². The molecule has 0 aliphatic rings. The first kappa shape index (κ1) is 15.9. The summed E-state index contributed by atoms with van der Waals surface area (Å²) in [5.41, 5.74) is 2.64. The van der Waals surface area contributed by atoms with E-state index in [0.29, 0.717) is 25.2 Å². The van der Waals surface area contributed by atoms with Gasteiger partial charge >= 0.3 is 0 Å². The second kappa shape index (κ2) is 7.03. The zero-order chi connectivity index (χ0) is 16.9. The Kier molecular flexibility index (Phi) is 4.64. The Labute approximate surface area is 139 Å². The van der Waals surface area contributed by atoms with Crippen LogP contribution in [0.25, 0.3) is 11.4 Å². The Morgan fingerprint density at radius 2 is 2.21 bits per heavy atom. The standard InChI is InChI=1S/C16H19N7O/c1-3-23-16(19-20-21-23)13-5-4-6-14(9-13)18-15(24)8-7-12-10-17-22(2)11-12/h4-6,9-11H,3,7-8H2,1-2H3,(H,18,24). The first-order valence-electron chi connectivity index (χ1n) is 7.79. The molecular weight excluding hydrogens is 306 g/mol. The second-order valence-electron chi connectivity index (χ2n) is 5.47. The van der Waals surface area contributed by atoms with Crippen LogP contribution in [0.2, 0.25) is 0 Å². The molecule has 2 heterocycles. The third-order valence-corrected chi connectivity index (χ3v) is 3.64. The van der Waals surface area contributed by atoms with Crippen LogP contribution in [0, 0.1) is 0 Å². The molecule has 124 valence electrons. The Bertz CT molecular complexity index is 836. The summed E-state index contributed by atoms with van der Waals surface area (Å²) in [6, 6.07) is 7.52. The number of benzene rings is 1. The van der Waals surface area contributed by atoms with Crippen molar-refractivity contribution in [3.05, 3.63) is 42.2 Å². The fraction of sp³-hybridized carbons (Fsp3) is 0.312. The van der Waals surface area contributed by atoms with Crippen molar-refractivity contribution >= 4 is 11.6 Å². The van der Waals surface area contributed by atoms with E-state index in [1.165, 1.54) is 0 Å². The lowest BCUT2D eigenvalue weighted by Gasteiger charge is -2.07. The number of aryl methyl sites for hydroxylation is 3. The number of aromatic nitrogens is 6. The molecule has 3 aromatic rings. The van der Waals surface area contributed by atoms with Gasteiger partial charge in [0.1, 0.15) is 0 Å². The van der Waals surface area contributed by atoms with Crippen LogP contribution in [0.1, 0.15) is 18.9 Å². The van der Waals surface area contributed by atoms with Gasteiger partial charge in [-0.3, -0.25) is 9.48 Å². The zero-order valence-corrected chi connectivity index (χ0v) is 13.7. The molecule has 0 spiro atoms. The number of hydrogen-bond acceptors (Lipinski definition) is 5. The van der Waals surface area contributed by atoms with E-state index in [1.54, 1.807) is 15.6 Å². The number of amides is 1. The maximum atomic E-state index is 12.1. The van der Waals surface area contributed by atoms with Gasteiger partial charge in [-0.15, -0.1) is 5.10 Å². The van der Waals surface area contributed by atoms with Crippen LogP contribution in [-0.4, -0.2) is 35.9 Å². The molecule has 1 N–H and O–H groups in total. The van der Waals surface area contributed by atoms with Crippen molar-refractivity contribution in [3.8, 4) is 11.4 Å². The van der Waals surface area contributed by atoms with E-state index in [9.17, 15) is 4.79 Å². The smallest absolute Gasteiger partial charge is 0.224 e. The lowest BCUT2D eigenvalue weighted by Crippen LogP contribution is -2.12. The first-order chi connectivity index (χ1) is 11.7. The highest BCUT2D eigenvalue weighted by atomic mass is 16.1. The minimum absolute atomic E-state index is 0.0360. The SMILES string of the molecule is CCn1nnnc1-c1cccc(NC(=O)CCc2cnn(C)c2)c1. The molecule has 8 heteroatoms. The van der Waals surface area contributed by atoms with Gasteiger partial charge in [-0.25, -0.2) is 4.68 Å². The van der Waals surface area contributed by atoms with Gasteiger partial charge in [-0.2, -0.15) is 5.10 Å². The Morgan fingerprint density at radius 3 is 2.96 bits per heavy atom. The summed E-state index contributed by atoms with van der Waals surface area (Å²) in [5, 5.41) is 18.7. The molecular formula is C16H19N7O. The van der Waals surface area contributed by atoms with Gasteiger partial charge < -0.3 is 5.32 Å². The normalized spacial score (nSPS) is 10.8. The highest BCUT2D eigenvalue weighted by Crippen LogP contribution is 2.20. The van der Waals surface area contributed by atoms with Crippen molar-refractivity contribution < 1.29 is 4.79 Å². The van der Waals surface area contributed by atoms with Crippen LogP contribution in [0.5, 0.6) is 0 Å². The first-order valence-corrected chi connectivity index (χ1v) is 7.79.